The van der Waals surface area contributed by atoms with Crippen LogP contribution in [0.5, 0.6) is 0 Å². The number of fused-ring (bicyclic) bond motifs is 1. The van der Waals surface area contributed by atoms with E-state index in [1.807, 2.05) is 6.26 Å². The SMILES string of the molecule is CSCC(=O)c1ccc2c(c1)oc(=O)n2C. The van der Waals surface area contributed by atoms with E-state index in [1.54, 1.807) is 25.2 Å². The van der Waals surface area contributed by atoms with Crippen LogP contribution in [0.25, 0.3) is 11.1 Å². The van der Waals surface area contributed by atoms with Crippen LogP contribution in [0.2, 0.25) is 0 Å². The monoisotopic (exact) mass is 237 g/mol. The second-order valence-corrected chi connectivity index (χ2v) is 4.33. The molecule has 2 aromatic rings. The van der Waals surface area contributed by atoms with Crippen molar-refractivity contribution in [1.29, 1.82) is 0 Å². The van der Waals surface area contributed by atoms with Gasteiger partial charge in [-0.15, -0.1) is 0 Å². The highest BCUT2D eigenvalue weighted by molar-refractivity contribution is 7.99. The van der Waals surface area contributed by atoms with Crippen LogP contribution >= 0.6 is 11.8 Å². The third kappa shape index (κ3) is 1.78. The van der Waals surface area contributed by atoms with Crippen molar-refractivity contribution in [1.82, 2.24) is 4.57 Å². The first-order chi connectivity index (χ1) is 7.63. The van der Waals surface area contributed by atoms with Gasteiger partial charge in [0.05, 0.1) is 11.3 Å². The zero-order valence-corrected chi connectivity index (χ0v) is 9.84. The van der Waals surface area contributed by atoms with Gasteiger partial charge in [-0.05, 0) is 24.5 Å². The van der Waals surface area contributed by atoms with E-state index in [0.29, 0.717) is 22.4 Å². The van der Waals surface area contributed by atoms with Crippen molar-refractivity contribution in [2.24, 2.45) is 7.05 Å². The van der Waals surface area contributed by atoms with Gasteiger partial charge in [-0.25, -0.2) is 4.79 Å². The minimum Gasteiger partial charge on any atom is -0.408 e. The molecule has 0 atom stereocenters. The fourth-order valence-corrected chi connectivity index (χ4v) is 1.95. The van der Waals surface area contributed by atoms with Gasteiger partial charge in [0.25, 0.3) is 0 Å². The fourth-order valence-electron chi connectivity index (χ4n) is 1.52. The molecule has 5 heteroatoms. The first kappa shape index (κ1) is 11.0. The van der Waals surface area contributed by atoms with Gasteiger partial charge in [-0.3, -0.25) is 9.36 Å². The van der Waals surface area contributed by atoms with Gasteiger partial charge in [0.2, 0.25) is 0 Å². The third-order valence-electron chi connectivity index (χ3n) is 2.39. The predicted octanol–water partition coefficient (Wildman–Crippen LogP) is 1.68. The van der Waals surface area contributed by atoms with Gasteiger partial charge in [0, 0.05) is 12.6 Å². The van der Waals surface area contributed by atoms with Gasteiger partial charge in [0.15, 0.2) is 11.4 Å². The maximum atomic E-state index is 11.6. The Morgan fingerprint density at radius 1 is 1.50 bits per heavy atom. The lowest BCUT2D eigenvalue weighted by Crippen LogP contribution is -2.08. The second-order valence-electron chi connectivity index (χ2n) is 3.47. The van der Waals surface area contributed by atoms with Gasteiger partial charge < -0.3 is 4.42 Å². The third-order valence-corrected chi connectivity index (χ3v) is 2.94. The highest BCUT2D eigenvalue weighted by Gasteiger charge is 2.10. The number of benzene rings is 1. The number of hydrogen-bond donors (Lipinski definition) is 0. The Morgan fingerprint density at radius 2 is 2.25 bits per heavy atom. The normalized spacial score (nSPS) is 10.9. The van der Waals surface area contributed by atoms with Crippen LogP contribution in [0.15, 0.2) is 27.4 Å². The van der Waals surface area contributed by atoms with Crippen LogP contribution in [0, 0.1) is 0 Å². The number of hydrogen-bond acceptors (Lipinski definition) is 4. The summed E-state index contributed by atoms with van der Waals surface area (Å²) < 4.78 is 6.43. The topological polar surface area (TPSA) is 52.2 Å². The van der Waals surface area contributed by atoms with E-state index in [2.05, 4.69) is 0 Å². The minimum absolute atomic E-state index is 0.0425. The van der Waals surface area contributed by atoms with E-state index in [1.165, 1.54) is 16.3 Å². The van der Waals surface area contributed by atoms with Crippen LogP contribution in [-0.4, -0.2) is 22.4 Å². The molecule has 0 radical (unpaired) electrons. The molecule has 0 bridgehead atoms. The highest BCUT2D eigenvalue weighted by atomic mass is 32.2. The molecule has 0 aliphatic rings. The van der Waals surface area contributed by atoms with Crippen molar-refractivity contribution in [3.05, 3.63) is 34.3 Å². The number of Topliss-reactive ketones (excluding diaryl/α,β-unsaturated/α-hetero) is 1. The summed E-state index contributed by atoms with van der Waals surface area (Å²) in [4.78, 5) is 22.9. The molecule has 0 fully saturated rings. The fraction of sp³-hybridized carbons (Fsp3) is 0.273. The lowest BCUT2D eigenvalue weighted by molar-refractivity contribution is 0.102. The molecule has 4 nitrogen and oxygen atoms in total. The van der Waals surface area contributed by atoms with E-state index >= 15 is 0 Å². The molecule has 0 unspecified atom stereocenters. The summed E-state index contributed by atoms with van der Waals surface area (Å²) in [5, 5.41) is 0. The molecule has 16 heavy (non-hydrogen) atoms. The average molecular weight is 237 g/mol. The molecule has 0 N–H and O–H groups in total. The Balaban J connectivity index is 2.52. The summed E-state index contributed by atoms with van der Waals surface area (Å²) in [5.74, 6) is 0.0631. The number of aryl methyl sites for hydroxylation is 1. The molecule has 84 valence electrons. The molecule has 1 aromatic heterocycles. The number of oxazole rings is 1. The lowest BCUT2D eigenvalue weighted by Gasteiger charge is -1.98. The maximum absolute atomic E-state index is 11.6. The van der Waals surface area contributed by atoms with Gasteiger partial charge in [0.1, 0.15) is 0 Å². The van der Waals surface area contributed by atoms with Crippen molar-refractivity contribution in [2.75, 3.05) is 12.0 Å². The number of carbonyl (C=O) groups is 1. The molecule has 1 aromatic carbocycles. The lowest BCUT2D eigenvalue weighted by atomic mass is 10.1. The van der Waals surface area contributed by atoms with Crippen LogP contribution < -0.4 is 5.76 Å². The minimum atomic E-state index is -0.413. The summed E-state index contributed by atoms with van der Waals surface area (Å²) in [6.07, 6.45) is 1.87. The summed E-state index contributed by atoms with van der Waals surface area (Å²) in [7, 11) is 1.64. The molecule has 1 heterocycles. The molecule has 0 saturated carbocycles. The number of ketones is 1. The molecule has 0 aliphatic carbocycles. The molecule has 0 amide bonds. The van der Waals surface area contributed by atoms with Crippen molar-refractivity contribution in [3.8, 4) is 0 Å². The number of aromatic nitrogens is 1. The number of rotatable bonds is 3. The van der Waals surface area contributed by atoms with Crippen molar-refractivity contribution < 1.29 is 9.21 Å². The number of thioether (sulfide) groups is 1. The Morgan fingerprint density at radius 3 is 2.94 bits per heavy atom. The molecule has 2 rings (SSSR count). The van der Waals surface area contributed by atoms with Crippen molar-refractivity contribution in [2.45, 2.75) is 0 Å². The summed E-state index contributed by atoms with van der Waals surface area (Å²) in [6.45, 7) is 0. The van der Waals surface area contributed by atoms with Gasteiger partial charge >= 0.3 is 5.76 Å². The highest BCUT2D eigenvalue weighted by Crippen LogP contribution is 2.15. The van der Waals surface area contributed by atoms with Crippen molar-refractivity contribution >= 4 is 28.6 Å². The predicted molar refractivity (Wildman–Crippen MR) is 64.2 cm³/mol. The van der Waals surface area contributed by atoms with E-state index in [4.69, 9.17) is 4.42 Å². The van der Waals surface area contributed by atoms with E-state index in [9.17, 15) is 9.59 Å². The Kier molecular flexibility index (Phi) is 2.87. The van der Waals surface area contributed by atoms with Crippen molar-refractivity contribution in [3.63, 3.8) is 0 Å². The largest absolute Gasteiger partial charge is 0.419 e. The van der Waals surface area contributed by atoms with E-state index in [0.717, 1.165) is 0 Å². The molecule has 0 saturated heterocycles. The molecular weight excluding hydrogens is 226 g/mol. The van der Waals surface area contributed by atoms with Gasteiger partial charge in [-0.2, -0.15) is 11.8 Å². The number of carbonyl (C=O) groups excluding carboxylic acids is 1. The zero-order chi connectivity index (χ0) is 11.7. The molecule has 0 aliphatic heterocycles. The number of nitrogens with zero attached hydrogens (tertiary/aromatic N) is 1. The summed E-state index contributed by atoms with van der Waals surface area (Å²) in [6, 6.07) is 5.07. The quantitative estimate of drug-likeness (QED) is 0.762. The van der Waals surface area contributed by atoms with Crippen LogP contribution in [0.4, 0.5) is 0 Å². The standard InChI is InChI=1S/C11H11NO3S/c1-12-8-4-3-7(9(13)6-16-2)5-10(8)15-11(12)14/h3-5H,6H2,1-2H3. The molecule has 0 spiro atoms. The zero-order valence-electron chi connectivity index (χ0n) is 9.02. The molecular formula is C11H11NO3S. The van der Waals surface area contributed by atoms with E-state index < -0.39 is 5.76 Å². The maximum Gasteiger partial charge on any atom is 0.419 e. The van der Waals surface area contributed by atoms with Crippen LogP contribution in [0.1, 0.15) is 10.4 Å². The van der Waals surface area contributed by atoms with Crippen LogP contribution in [-0.2, 0) is 7.05 Å². The Bertz CT molecular complexity index is 597. The Labute approximate surface area is 96.2 Å². The van der Waals surface area contributed by atoms with Crippen LogP contribution in [0.3, 0.4) is 0 Å². The van der Waals surface area contributed by atoms with E-state index in [-0.39, 0.29) is 5.78 Å². The average Bonchev–Trinajstić information content (AvgIpc) is 2.55. The Hall–Kier alpha value is -1.49. The smallest absolute Gasteiger partial charge is 0.408 e. The summed E-state index contributed by atoms with van der Waals surface area (Å²) >= 11 is 1.47. The first-order valence-electron chi connectivity index (χ1n) is 4.75. The second kappa shape index (κ2) is 4.17. The van der Waals surface area contributed by atoms with Gasteiger partial charge in [-0.1, -0.05) is 0 Å². The summed E-state index contributed by atoms with van der Waals surface area (Å²) in [5.41, 5.74) is 1.74. The first-order valence-corrected chi connectivity index (χ1v) is 6.14.